The van der Waals surface area contributed by atoms with Gasteiger partial charge in [0.1, 0.15) is 5.76 Å². The summed E-state index contributed by atoms with van der Waals surface area (Å²) in [7, 11) is -3.65. The maximum atomic E-state index is 12.4. The Kier molecular flexibility index (Phi) is 6.13. The van der Waals surface area contributed by atoms with E-state index in [1.54, 1.807) is 6.26 Å². The molecule has 2 heterocycles. The van der Waals surface area contributed by atoms with Crippen LogP contribution in [0.25, 0.3) is 0 Å². The number of primary amides is 1. The lowest BCUT2D eigenvalue weighted by molar-refractivity contribution is 0.100. The second-order valence-electron chi connectivity index (χ2n) is 6.40. The van der Waals surface area contributed by atoms with Crippen LogP contribution >= 0.6 is 11.3 Å². The predicted molar refractivity (Wildman–Crippen MR) is 99.4 cm³/mol. The minimum Gasteiger partial charge on any atom is -0.468 e. The summed E-state index contributed by atoms with van der Waals surface area (Å²) in [5, 5.41) is 1.43. The van der Waals surface area contributed by atoms with Crippen LogP contribution in [0.4, 0.5) is 0 Å². The Hall–Kier alpha value is -1.68. The first-order chi connectivity index (χ1) is 12.5. The van der Waals surface area contributed by atoms with Crippen molar-refractivity contribution in [3.8, 4) is 0 Å². The number of thiophene rings is 1. The van der Waals surface area contributed by atoms with E-state index in [1.165, 1.54) is 24.3 Å². The van der Waals surface area contributed by atoms with Crippen molar-refractivity contribution in [3.63, 3.8) is 0 Å². The number of carbonyl (C=O) groups excluding carboxylic acids is 1. The van der Waals surface area contributed by atoms with Gasteiger partial charge in [0.25, 0.3) is 5.91 Å². The van der Waals surface area contributed by atoms with E-state index in [9.17, 15) is 13.2 Å². The zero-order valence-electron chi connectivity index (χ0n) is 14.4. The molecule has 3 N–H and O–H groups in total. The van der Waals surface area contributed by atoms with Crippen molar-refractivity contribution in [1.29, 1.82) is 0 Å². The largest absolute Gasteiger partial charge is 0.468 e. The Morgan fingerprint density at radius 2 is 2.15 bits per heavy atom. The number of rotatable bonds is 9. The van der Waals surface area contributed by atoms with Gasteiger partial charge in [-0.25, -0.2) is 13.1 Å². The van der Waals surface area contributed by atoms with Crippen LogP contribution in [0.2, 0.25) is 0 Å². The molecule has 0 unspecified atom stereocenters. The van der Waals surface area contributed by atoms with Crippen LogP contribution in [0.1, 0.15) is 41.1 Å². The van der Waals surface area contributed by atoms with Crippen molar-refractivity contribution < 1.29 is 17.6 Å². The number of sulfonamides is 1. The number of nitrogens with zero attached hydrogens (tertiary/aromatic N) is 1. The van der Waals surface area contributed by atoms with Crippen LogP contribution in [0, 0.1) is 0 Å². The Bertz CT molecular complexity index is 824. The molecule has 0 radical (unpaired) electrons. The van der Waals surface area contributed by atoms with Crippen molar-refractivity contribution in [1.82, 2.24) is 9.62 Å². The molecular weight excluding hydrogens is 374 g/mol. The summed E-state index contributed by atoms with van der Waals surface area (Å²) >= 11 is 1.03. The van der Waals surface area contributed by atoms with Crippen LogP contribution in [0.3, 0.4) is 0 Å². The molecule has 0 aliphatic heterocycles. The molecule has 1 saturated carbocycles. The molecule has 1 aliphatic carbocycles. The van der Waals surface area contributed by atoms with Gasteiger partial charge >= 0.3 is 0 Å². The number of carbonyl (C=O) groups is 1. The summed E-state index contributed by atoms with van der Waals surface area (Å²) in [5.41, 5.74) is 5.19. The monoisotopic (exact) mass is 397 g/mol. The van der Waals surface area contributed by atoms with Gasteiger partial charge in [0, 0.05) is 24.5 Å². The molecule has 0 spiro atoms. The van der Waals surface area contributed by atoms with Crippen molar-refractivity contribution in [2.45, 2.75) is 43.2 Å². The molecule has 2 aromatic rings. The van der Waals surface area contributed by atoms with Crippen LogP contribution in [0.5, 0.6) is 0 Å². The van der Waals surface area contributed by atoms with E-state index in [1.807, 2.05) is 12.1 Å². The molecule has 1 aliphatic rings. The van der Waals surface area contributed by atoms with Crippen molar-refractivity contribution >= 4 is 27.3 Å². The molecule has 1 amide bonds. The van der Waals surface area contributed by atoms with Gasteiger partial charge in [0.15, 0.2) is 0 Å². The molecule has 26 heavy (non-hydrogen) atoms. The summed E-state index contributed by atoms with van der Waals surface area (Å²) < 4.78 is 32.8. The van der Waals surface area contributed by atoms with Crippen molar-refractivity contribution in [2.24, 2.45) is 5.73 Å². The summed E-state index contributed by atoms with van der Waals surface area (Å²) in [5.74, 6) is 0.256. The van der Waals surface area contributed by atoms with Gasteiger partial charge in [0.05, 0.1) is 22.6 Å². The Balaban J connectivity index is 1.60. The topological polar surface area (TPSA) is 106 Å². The van der Waals surface area contributed by atoms with Crippen LogP contribution < -0.4 is 10.5 Å². The number of hydrogen-bond donors (Lipinski definition) is 2. The summed E-state index contributed by atoms with van der Waals surface area (Å²) in [4.78, 5) is 13.7. The maximum Gasteiger partial charge on any atom is 0.258 e. The highest BCUT2D eigenvalue weighted by atomic mass is 32.2. The lowest BCUT2D eigenvalue weighted by Gasteiger charge is -2.28. The van der Waals surface area contributed by atoms with Gasteiger partial charge in [-0.1, -0.05) is 12.8 Å². The summed E-state index contributed by atoms with van der Waals surface area (Å²) in [6.07, 6.45) is 6.31. The minimum atomic E-state index is -3.65. The highest BCUT2D eigenvalue weighted by molar-refractivity contribution is 7.89. The Morgan fingerprint density at radius 1 is 1.38 bits per heavy atom. The number of nitrogens with one attached hydrogen (secondary N) is 1. The molecule has 3 rings (SSSR count). The van der Waals surface area contributed by atoms with Gasteiger partial charge in [-0.15, -0.1) is 11.3 Å². The van der Waals surface area contributed by atoms with E-state index in [0.29, 0.717) is 25.7 Å². The molecule has 0 saturated heterocycles. The number of amides is 1. The number of nitrogens with two attached hydrogens (primary N) is 1. The smallest absolute Gasteiger partial charge is 0.258 e. The third-order valence-electron chi connectivity index (χ3n) is 4.60. The standard InChI is InChI=1S/C17H23N3O4S2/c18-17(21)16-10-15(12-25-16)26(22,23)19-7-8-20(13-4-1-2-5-13)11-14-6-3-9-24-14/h3,6,9-10,12-13,19H,1-2,4-5,7-8,11H2,(H2,18,21). The zero-order valence-corrected chi connectivity index (χ0v) is 16.0. The second-order valence-corrected chi connectivity index (χ2v) is 9.07. The average Bonchev–Trinajstić information content (AvgIpc) is 3.34. The molecule has 0 aromatic carbocycles. The fraction of sp³-hybridized carbons (Fsp3) is 0.471. The summed E-state index contributed by atoms with van der Waals surface area (Å²) in [6.45, 7) is 1.56. The van der Waals surface area contributed by atoms with E-state index < -0.39 is 15.9 Å². The van der Waals surface area contributed by atoms with Gasteiger partial charge in [-0.2, -0.15) is 0 Å². The van der Waals surface area contributed by atoms with Crippen LogP contribution in [0.15, 0.2) is 39.2 Å². The van der Waals surface area contributed by atoms with E-state index in [4.69, 9.17) is 10.2 Å². The van der Waals surface area contributed by atoms with Gasteiger partial charge in [-0.3, -0.25) is 9.69 Å². The molecule has 1 fully saturated rings. The molecule has 9 heteroatoms. The fourth-order valence-corrected chi connectivity index (χ4v) is 5.41. The van der Waals surface area contributed by atoms with E-state index in [2.05, 4.69) is 9.62 Å². The molecule has 0 bridgehead atoms. The fourth-order valence-electron chi connectivity index (χ4n) is 3.26. The number of furan rings is 1. The third-order valence-corrected chi connectivity index (χ3v) is 7.13. The molecular formula is C17H23N3O4S2. The minimum absolute atomic E-state index is 0.0785. The van der Waals surface area contributed by atoms with Crippen molar-refractivity contribution in [3.05, 3.63) is 40.5 Å². The zero-order chi connectivity index (χ0) is 18.6. The Labute approximate surface area is 157 Å². The lowest BCUT2D eigenvalue weighted by Crippen LogP contribution is -2.39. The lowest BCUT2D eigenvalue weighted by atomic mass is 10.2. The predicted octanol–water partition coefficient (Wildman–Crippen LogP) is 2.16. The highest BCUT2D eigenvalue weighted by Crippen LogP contribution is 2.25. The quantitative estimate of drug-likeness (QED) is 0.674. The van der Waals surface area contributed by atoms with Gasteiger partial charge in [0.2, 0.25) is 10.0 Å². The maximum absolute atomic E-state index is 12.4. The SMILES string of the molecule is NC(=O)c1cc(S(=O)(=O)NCCN(Cc2ccco2)C2CCCC2)cs1. The molecule has 142 valence electrons. The first-order valence-electron chi connectivity index (χ1n) is 8.60. The van der Waals surface area contributed by atoms with E-state index >= 15 is 0 Å². The van der Waals surface area contributed by atoms with E-state index in [0.717, 1.165) is 29.9 Å². The average molecular weight is 398 g/mol. The third kappa shape index (κ3) is 4.73. The molecule has 2 aromatic heterocycles. The first kappa shape index (κ1) is 19.1. The van der Waals surface area contributed by atoms with Crippen molar-refractivity contribution in [2.75, 3.05) is 13.1 Å². The molecule has 0 atom stereocenters. The normalized spacial score (nSPS) is 15.7. The van der Waals surface area contributed by atoms with Gasteiger partial charge < -0.3 is 10.2 Å². The number of hydrogen-bond acceptors (Lipinski definition) is 6. The Morgan fingerprint density at radius 3 is 2.77 bits per heavy atom. The van der Waals surface area contributed by atoms with Gasteiger partial charge in [-0.05, 0) is 31.0 Å². The highest BCUT2D eigenvalue weighted by Gasteiger charge is 2.24. The molecule has 7 nitrogen and oxygen atoms in total. The first-order valence-corrected chi connectivity index (χ1v) is 11.0. The van der Waals surface area contributed by atoms with E-state index in [-0.39, 0.29) is 9.77 Å². The van der Waals surface area contributed by atoms with Crippen LogP contribution in [-0.4, -0.2) is 38.4 Å². The van der Waals surface area contributed by atoms with Crippen LogP contribution in [-0.2, 0) is 16.6 Å². The summed E-state index contributed by atoms with van der Waals surface area (Å²) in [6, 6.07) is 5.56. The second kappa shape index (κ2) is 8.34.